The largest absolute Gasteiger partial charge is 0.534 e. The van der Waals surface area contributed by atoms with Crippen molar-refractivity contribution in [2.45, 2.75) is 12.4 Å². The van der Waals surface area contributed by atoms with E-state index in [9.17, 15) is 31.2 Å². The summed E-state index contributed by atoms with van der Waals surface area (Å²) in [6.45, 7) is 1.42. The van der Waals surface area contributed by atoms with Crippen molar-refractivity contribution in [1.82, 2.24) is 0 Å². The highest BCUT2D eigenvalue weighted by atomic mass is 32.2. The molecule has 0 atom stereocenters. The van der Waals surface area contributed by atoms with Crippen LogP contribution in [0.2, 0.25) is 0 Å². The molecule has 0 unspecified atom stereocenters. The van der Waals surface area contributed by atoms with Crippen LogP contribution >= 0.6 is 0 Å². The van der Waals surface area contributed by atoms with E-state index in [1.807, 2.05) is 0 Å². The van der Waals surface area contributed by atoms with E-state index in [2.05, 4.69) is 4.18 Å². The summed E-state index contributed by atoms with van der Waals surface area (Å²) in [7, 11) is -5.83. The van der Waals surface area contributed by atoms with E-state index in [4.69, 9.17) is 0 Å². The second-order valence-electron chi connectivity index (χ2n) is 4.21. The minimum absolute atomic E-state index is 0.0169. The standard InChI is InChI=1S/C12H7F3O5S/c1-6-4-10(16)9-5-7(2-3-8(9)11(6)17)20-21(18,19)12(13,14)15/h2-5H,1H3. The molecule has 0 fully saturated rings. The van der Waals surface area contributed by atoms with Gasteiger partial charge in [-0.05, 0) is 31.2 Å². The van der Waals surface area contributed by atoms with Gasteiger partial charge in [-0.3, -0.25) is 9.59 Å². The predicted molar refractivity (Wildman–Crippen MR) is 64.5 cm³/mol. The van der Waals surface area contributed by atoms with E-state index in [0.29, 0.717) is 0 Å². The van der Waals surface area contributed by atoms with Gasteiger partial charge < -0.3 is 4.18 Å². The number of alkyl halides is 3. The van der Waals surface area contributed by atoms with Crippen LogP contribution in [0, 0.1) is 0 Å². The monoisotopic (exact) mass is 320 g/mol. The van der Waals surface area contributed by atoms with Gasteiger partial charge in [-0.1, -0.05) is 0 Å². The molecule has 21 heavy (non-hydrogen) atoms. The molecule has 0 bridgehead atoms. The topological polar surface area (TPSA) is 77.5 Å². The van der Waals surface area contributed by atoms with E-state index in [-0.39, 0.29) is 16.7 Å². The fraction of sp³-hybridized carbons (Fsp3) is 0.167. The quantitative estimate of drug-likeness (QED) is 0.617. The minimum Gasteiger partial charge on any atom is -0.376 e. The molecule has 1 aromatic rings. The molecule has 9 heteroatoms. The van der Waals surface area contributed by atoms with E-state index in [1.54, 1.807) is 0 Å². The van der Waals surface area contributed by atoms with Crippen LogP contribution < -0.4 is 4.18 Å². The van der Waals surface area contributed by atoms with Crippen molar-refractivity contribution in [3.05, 3.63) is 41.0 Å². The molecule has 0 spiro atoms. The Morgan fingerprint density at radius 1 is 1.10 bits per heavy atom. The van der Waals surface area contributed by atoms with Crippen LogP contribution in [0.1, 0.15) is 27.6 Å². The number of carbonyl (C=O) groups is 2. The highest BCUT2D eigenvalue weighted by molar-refractivity contribution is 7.88. The van der Waals surface area contributed by atoms with Crippen LogP contribution in [-0.4, -0.2) is 25.5 Å². The first-order valence-electron chi connectivity index (χ1n) is 5.45. The molecule has 112 valence electrons. The summed E-state index contributed by atoms with van der Waals surface area (Å²) < 4.78 is 62.3. The minimum atomic E-state index is -5.83. The van der Waals surface area contributed by atoms with Gasteiger partial charge in [0, 0.05) is 16.7 Å². The normalized spacial score (nSPS) is 15.5. The number of halogens is 3. The second-order valence-corrected chi connectivity index (χ2v) is 5.75. The van der Waals surface area contributed by atoms with E-state index in [1.165, 1.54) is 6.92 Å². The number of hydrogen-bond acceptors (Lipinski definition) is 5. The van der Waals surface area contributed by atoms with Crippen molar-refractivity contribution in [3.8, 4) is 5.75 Å². The molecule has 1 aromatic carbocycles. The molecule has 1 aliphatic rings. The zero-order valence-electron chi connectivity index (χ0n) is 10.4. The molecule has 0 N–H and O–H groups in total. The van der Waals surface area contributed by atoms with Gasteiger partial charge in [0.1, 0.15) is 5.75 Å². The lowest BCUT2D eigenvalue weighted by atomic mass is 9.90. The van der Waals surface area contributed by atoms with Gasteiger partial charge >= 0.3 is 15.6 Å². The lowest BCUT2D eigenvalue weighted by Crippen LogP contribution is -2.28. The number of allylic oxidation sites excluding steroid dienone is 2. The Kier molecular flexibility index (Phi) is 3.40. The first-order valence-corrected chi connectivity index (χ1v) is 6.86. The van der Waals surface area contributed by atoms with Gasteiger partial charge in [0.2, 0.25) is 0 Å². The third-order valence-corrected chi connectivity index (χ3v) is 3.68. The van der Waals surface area contributed by atoms with Gasteiger partial charge in [-0.15, -0.1) is 0 Å². The number of carbonyl (C=O) groups excluding carboxylic acids is 2. The van der Waals surface area contributed by atoms with Crippen molar-refractivity contribution in [2.24, 2.45) is 0 Å². The molecule has 2 rings (SSSR count). The Hall–Kier alpha value is -2.16. The zero-order valence-corrected chi connectivity index (χ0v) is 11.2. The maximum atomic E-state index is 12.2. The summed E-state index contributed by atoms with van der Waals surface area (Å²) in [6, 6.07) is 2.72. The molecule has 0 aromatic heterocycles. The average molecular weight is 320 g/mol. The Bertz CT molecular complexity index is 775. The van der Waals surface area contributed by atoms with Gasteiger partial charge in [0.25, 0.3) is 0 Å². The van der Waals surface area contributed by atoms with E-state index in [0.717, 1.165) is 24.3 Å². The Morgan fingerprint density at radius 2 is 1.71 bits per heavy atom. The van der Waals surface area contributed by atoms with Crippen LogP contribution in [0.3, 0.4) is 0 Å². The average Bonchev–Trinajstić information content (AvgIpc) is 2.34. The molecule has 0 aliphatic heterocycles. The maximum Gasteiger partial charge on any atom is 0.534 e. The summed E-state index contributed by atoms with van der Waals surface area (Å²) in [6.07, 6.45) is 1.02. The lowest BCUT2D eigenvalue weighted by molar-refractivity contribution is -0.0500. The van der Waals surface area contributed by atoms with Crippen LogP contribution in [0.25, 0.3) is 0 Å². The summed E-state index contributed by atoms with van der Waals surface area (Å²) in [5.74, 6) is -1.77. The number of fused-ring (bicyclic) bond motifs is 1. The van der Waals surface area contributed by atoms with Gasteiger partial charge in [0.15, 0.2) is 11.6 Å². The SMILES string of the molecule is CC1=CC(=O)c2cc(OS(=O)(=O)C(F)(F)F)ccc2C1=O. The van der Waals surface area contributed by atoms with E-state index >= 15 is 0 Å². The molecule has 0 amide bonds. The smallest absolute Gasteiger partial charge is 0.376 e. The fourth-order valence-corrected chi connectivity index (χ4v) is 2.15. The number of ketones is 2. The first-order chi connectivity index (χ1) is 9.53. The summed E-state index contributed by atoms with van der Waals surface area (Å²) in [5.41, 5.74) is -5.62. The van der Waals surface area contributed by atoms with Crippen molar-refractivity contribution >= 4 is 21.7 Å². The summed E-state index contributed by atoms with van der Waals surface area (Å²) in [4.78, 5) is 23.5. The predicted octanol–water partition coefficient (Wildman–Crippen LogP) is 2.24. The number of Topliss-reactive ketones (excluding diaryl/α,β-unsaturated/α-hetero) is 1. The van der Waals surface area contributed by atoms with Gasteiger partial charge in [0.05, 0.1) is 0 Å². The Morgan fingerprint density at radius 3 is 2.29 bits per heavy atom. The van der Waals surface area contributed by atoms with Crippen molar-refractivity contribution < 1.29 is 35.4 Å². The van der Waals surface area contributed by atoms with Gasteiger partial charge in [-0.25, -0.2) is 0 Å². The zero-order chi connectivity index (χ0) is 16.0. The van der Waals surface area contributed by atoms with Crippen LogP contribution in [0.15, 0.2) is 29.8 Å². The molecular formula is C12H7F3O5S. The third kappa shape index (κ3) is 2.68. The van der Waals surface area contributed by atoms with Crippen molar-refractivity contribution in [2.75, 3.05) is 0 Å². The molecule has 0 saturated carbocycles. The van der Waals surface area contributed by atoms with Gasteiger partial charge in [-0.2, -0.15) is 21.6 Å². The first kappa shape index (κ1) is 15.2. The van der Waals surface area contributed by atoms with Crippen LogP contribution in [0.4, 0.5) is 13.2 Å². The lowest BCUT2D eigenvalue weighted by Gasteiger charge is -2.14. The molecule has 0 radical (unpaired) electrons. The summed E-state index contributed by atoms with van der Waals surface area (Å²) in [5, 5.41) is 0. The van der Waals surface area contributed by atoms with Crippen LogP contribution in [0.5, 0.6) is 5.75 Å². The number of rotatable bonds is 2. The molecule has 5 nitrogen and oxygen atoms in total. The highest BCUT2D eigenvalue weighted by Gasteiger charge is 2.48. The molecular weight excluding hydrogens is 313 g/mol. The van der Waals surface area contributed by atoms with Crippen molar-refractivity contribution in [1.29, 1.82) is 0 Å². The summed E-state index contributed by atoms with van der Waals surface area (Å²) >= 11 is 0. The third-order valence-electron chi connectivity index (χ3n) is 2.70. The molecule has 1 aliphatic carbocycles. The molecule has 0 saturated heterocycles. The van der Waals surface area contributed by atoms with E-state index < -0.39 is 32.9 Å². The highest BCUT2D eigenvalue weighted by Crippen LogP contribution is 2.30. The number of hydrogen-bond donors (Lipinski definition) is 0. The Balaban J connectivity index is 2.44. The Labute approximate surface area is 117 Å². The molecule has 0 heterocycles. The van der Waals surface area contributed by atoms with Crippen molar-refractivity contribution in [3.63, 3.8) is 0 Å². The number of benzene rings is 1. The fourth-order valence-electron chi connectivity index (χ4n) is 1.70. The maximum absolute atomic E-state index is 12.2. The van der Waals surface area contributed by atoms with Crippen LogP contribution in [-0.2, 0) is 10.1 Å². The second kappa shape index (κ2) is 4.69.